The summed E-state index contributed by atoms with van der Waals surface area (Å²) in [5.41, 5.74) is 3.15. The van der Waals surface area contributed by atoms with Crippen molar-refractivity contribution in [3.8, 4) is 22.8 Å². The van der Waals surface area contributed by atoms with E-state index in [0.29, 0.717) is 17.5 Å². The lowest BCUT2D eigenvalue weighted by molar-refractivity contribution is 0.362. The standard InChI is InChI=1S/C22H23N5O2S/c1-14(2)21-23-19(26-29-21)13-30-22-25-24-20(16-7-11-18(28-4)12-8-16)27(22)17-9-5-15(3)6-10-17/h5-12,14H,13H2,1-4H3. The van der Waals surface area contributed by atoms with Gasteiger partial charge in [-0.25, -0.2) is 0 Å². The molecule has 7 nitrogen and oxygen atoms in total. The molecule has 0 fully saturated rings. The molecule has 2 aromatic carbocycles. The van der Waals surface area contributed by atoms with E-state index in [-0.39, 0.29) is 5.92 Å². The summed E-state index contributed by atoms with van der Waals surface area (Å²) >= 11 is 1.53. The Labute approximate surface area is 179 Å². The summed E-state index contributed by atoms with van der Waals surface area (Å²) in [4.78, 5) is 4.45. The Kier molecular flexibility index (Phi) is 5.85. The molecule has 0 N–H and O–H groups in total. The fourth-order valence-corrected chi connectivity index (χ4v) is 3.70. The van der Waals surface area contributed by atoms with E-state index in [1.165, 1.54) is 17.3 Å². The van der Waals surface area contributed by atoms with Crippen LogP contribution in [0.15, 0.2) is 58.2 Å². The van der Waals surface area contributed by atoms with Crippen molar-refractivity contribution in [1.82, 2.24) is 24.9 Å². The molecule has 0 unspecified atom stereocenters. The minimum atomic E-state index is 0.203. The van der Waals surface area contributed by atoms with Crippen LogP contribution in [-0.4, -0.2) is 32.0 Å². The zero-order chi connectivity index (χ0) is 21.1. The Bertz CT molecular complexity index is 1120. The van der Waals surface area contributed by atoms with Gasteiger partial charge in [-0.15, -0.1) is 10.2 Å². The van der Waals surface area contributed by atoms with Crippen molar-refractivity contribution in [1.29, 1.82) is 0 Å². The largest absolute Gasteiger partial charge is 0.497 e. The van der Waals surface area contributed by atoms with E-state index in [9.17, 15) is 0 Å². The van der Waals surface area contributed by atoms with Crippen molar-refractivity contribution in [2.24, 2.45) is 0 Å². The van der Waals surface area contributed by atoms with E-state index < -0.39 is 0 Å². The average Bonchev–Trinajstić information content (AvgIpc) is 3.40. The third kappa shape index (κ3) is 4.23. The summed E-state index contributed by atoms with van der Waals surface area (Å²) in [6.45, 7) is 6.12. The van der Waals surface area contributed by atoms with Gasteiger partial charge in [-0.05, 0) is 43.3 Å². The molecular formula is C22H23N5O2S. The first-order chi connectivity index (χ1) is 14.5. The summed E-state index contributed by atoms with van der Waals surface area (Å²) in [6, 6.07) is 16.1. The van der Waals surface area contributed by atoms with E-state index in [1.54, 1.807) is 7.11 Å². The van der Waals surface area contributed by atoms with Crippen LogP contribution in [0.5, 0.6) is 5.75 Å². The van der Waals surface area contributed by atoms with Crippen LogP contribution in [0.3, 0.4) is 0 Å². The molecular weight excluding hydrogens is 398 g/mol. The molecule has 2 heterocycles. The maximum Gasteiger partial charge on any atom is 0.229 e. The Morgan fingerprint density at radius 1 is 1.03 bits per heavy atom. The van der Waals surface area contributed by atoms with Crippen molar-refractivity contribution in [3.05, 3.63) is 65.8 Å². The van der Waals surface area contributed by atoms with Crippen LogP contribution in [0.2, 0.25) is 0 Å². The van der Waals surface area contributed by atoms with Crippen LogP contribution in [-0.2, 0) is 5.75 Å². The maximum atomic E-state index is 5.31. The van der Waals surface area contributed by atoms with Gasteiger partial charge in [0.25, 0.3) is 0 Å². The molecule has 154 valence electrons. The first-order valence-corrected chi connectivity index (χ1v) is 10.7. The van der Waals surface area contributed by atoms with Crippen LogP contribution in [0.25, 0.3) is 17.1 Å². The fraction of sp³-hybridized carbons (Fsp3) is 0.273. The predicted molar refractivity (Wildman–Crippen MR) is 116 cm³/mol. The number of methoxy groups -OCH3 is 1. The number of nitrogens with zero attached hydrogens (tertiary/aromatic N) is 5. The van der Waals surface area contributed by atoms with Gasteiger partial charge in [0.15, 0.2) is 16.8 Å². The third-order valence-corrected chi connectivity index (χ3v) is 5.51. The van der Waals surface area contributed by atoms with E-state index >= 15 is 0 Å². The van der Waals surface area contributed by atoms with Crippen LogP contribution < -0.4 is 4.74 Å². The lowest BCUT2D eigenvalue weighted by Gasteiger charge is -2.11. The molecule has 0 atom stereocenters. The highest BCUT2D eigenvalue weighted by atomic mass is 32.2. The van der Waals surface area contributed by atoms with Gasteiger partial charge >= 0.3 is 0 Å². The Balaban J connectivity index is 1.68. The number of benzene rings is 2. The lowest BCUT2D eigenvalue weighted by Crippen LogP contribution is -2.00. The smallest absolute Gasteiger partial charge is 0.229 e. The van der Waals surface area contributed by atoms with Gasteiger partial charge in [-0.1, -0.05) is 48.5 Å². The van der Waals surface area contributed by atoms with E-state index in [4.69, 9.17) is 9.26 Å². The van der Waals surface area contributed by atoms with Crippen molar-refractivity contribution >= 4 is 11.8 Å². The van der Waals surface area contributed by atoms with Gasteiger partial charge in [0.1, 0.15) is 5.75 Å². The average molecular weight is 422 g/mol. The number of hydrogen-bond donors (Lipinski definition) is 0. The molecule has 0 bridgehead atoms. The predicted octanol–water partition coefficient (Wildman–Crippen LogP) is 5.05. The quantitative estimate of drug-likeness (QED) is 0.386. The summed E-state index contributed by atoms with van der Waals surface area (Å²) in [5, 5.41) is 13.8. The van der Waals surface area contributed by atoms with Gasteiger partial charge in [-0.2, -0.15) is 4.98 Å². The van der Waals surface area contributed by atoms with E-state index in [2.05, 4.69) is 56.1 Å². The minimum Gasteiger partial charge on any atom is -0.497 e. The molecule has 0 saturated heterocycles. The highest BCUT2D eigenvalue weighted by molar-refractivity contribution is 7.98. The summed E-state index contributed by atoms with van der Waals surface area (Å²) in [6.07, 6.45) is 0. The number of rotatable bonds is 7. The monoisotopic (exact) mass is 421 g/mol. The van der Waals surface area contributed by atoms with Crippen molar-refractivity contribution < 1.29 is 9.26 Å². The van der Waals surface area contributed by atoms with Crippen molar-refractivity contribution in [2.75, 3.05) is 7.11 Å². The highest BCUT2D eigenvalue weighted by Crippen LogP contribution is 2.30. The number of thioether (sulfide) groups is 1. The fourth-order valence-electron chi connectivity index (χ4n) is 2.91. The molecule has 8 heteroatoms. The molecule has 0 radical (unpaired) electrons. The first-order valence-electron chi connectivity index (χ1n) is 9.67. The molecule has 2 aromatic heterocycles. The number of ether oxygens (including phenoxy) is 1. The third-order valence-electron chi connectivity index (χ3n) is 4.58. The van der Waals surface area contributed by atoms with Crippen molar-refractivity contribution in [2.45, 2.75) is 37.6 Å². The molecule has 4 rings (SSSR count). The maximum absolute atomic E-state index is 5.31. The Hall–Kier alpha value is -3.13. The second-order valence-electron chi connectivity index (χ2n) is 7.20. The normalized spacial score (nSPS) is 11.2. The molecule has 4 aromatic rings. The topological polar surface area (TPSA) is 78.9 Å². The Morgan fingerprint density at radius 2 is 1.77 bits per heavy atom. The first kappa shape index (κ1) is 20.2. The number of hydrogen-bond acceptors (Lipinski definition) is 7. The lowest BCUT2D eigenvalue weighted by atomic mass is 10.2. The zero-order valence-electron chi connectivity index (χ0n) is 17.4. The van der Waals surface area contributed by atoms with Crippen LogP contribution in [0.1, 0.15) is 37.0 Å². The number of aromatic nitrogens is 5. The van der Waals surface area contributed by atoms with E-state index in [0.717, 1.165) is 28.0 Å². The van der Waals surface area contributed by atoms with Crippen molar-refractivity contribution in [3.63, 3.8) is 0 Å². The summed E-state index contributed by atoms with van der Waals surface area (Å²) in [5.74, 6) is 3.60. The van der Waals surface area contributed by atoms with Gasteiger partial charge < -0.3 is 9.26 Å². The Morgan fingerprint density at radius 3 is 2.40 bits per heavy atom. The van der Waals surface area contributed by atoms with Gasteiger partial charge in [-0.3, -0.25) is 4.57 Å². The molecule has 0 aliphatic heterocycles. The summed E-state index contributed by atoms with van der Waals surface area (Å²) in [7, 11) is 1.65. The number of aryl methyl sites for hydroxylation is 1. The molecule has 0 aliphatic rings. The molecule has 0 saturated carbocycles. The molecule has 0 aliphatic carbocycles. The molecule has 0 spiro atoms. The van der Waals surface area contributed by atoms with Crippen LogP contribution >= 0.6 is 11.8 Å². The summed E-state index contributed by atoms with van der Waals surface area (Å²) < 4.78 is 12.6. The van der Waals surface area contributed by atoms with Gasteiger partial charge in [0, 0.05) is 17.2 Å². The second-order valence-corrected chi connectivity index (χ2v) is 8.14. The van der Waals surface area contributed by atoms with Crippen LogP contribution in [0.4, 0.5) is 0 Å². The van der Waals surface area contributed by atoms with Gasteiger partial charge in [0.05, 0.1) is 12.9 Å². The molecule has 30 heavy (non-hydrogen) atoms. The van der Waals surface area contributed by atoms with E-state index in [1.807, 2.05) is 38.1 Å². The van der Waals surface area contributed by atoms with Crippen LogP contribution in [0, 0.1) is 6.92 Å². The highest BCUT2D eigenvalue weighted by Gasteiger charge is 2.18. The SMILES string of the molecule is COc1ccc(-c2nnc(SCc3noc(C(C)C)n3)n2-c2ccc(C)cc2)cc1. The second kappa shape index (κ2) is 8.71. The zero-order valence-corrected chi connectivity index (χ0v) is 18.2. The minimum absolute atomic E-state index is 0.203. The molecule has 0 amide bonds. The van der Waals surface area contributed by atoms with Gasteiger partial charge in [0.2, 0.25) is 5.89 Å².